The van der Waals surface area contributed by atoms with E-state index in [1.165, 1.54) is 6.07 Å². The summed E-state index contributed by atoms with van der Waals surface area (Å²) in [5.41, 5.74) is 0.199. The normalized spacial score (nSPS) is 18.4. The zero-order valence-electron chi connectivity index (χ0n) is 9.24. The molecule has 0 spiro atoms. The quantitative estimate of drug-likeness (QED) is 0.343. The van der Waals surface area contributed by atoms with E-state index in [2.05, 4.69) is 5.16 Å². The molecule has 1 aliphatic rings. The maximum atomic E-state index is 13.7. The van der Waals surface area contributed by atoms with E-state index >= 15 is 0 Å². The molecule has 0 aromatic heterocycles. The van der Waals surface area contributed by atoms with E-state index in [-0.39, 0.29) is 10.7 Å². The van der Waals surface area contributed by atoms with Gasteiger partial charge in [0.15, 0.2) is 5.17 Å². The van der Waals surface area contributed by atoms with Crippen molar-refractivity contribution in [2.45, 2.75) is 19.4 Å². The van der Waals surface area contributed by atoms with Crippen LogP contribution in [0.2, 0.25) is 0 Å². The van der Waals surface area contributed by atoms with Gasteiger partial charge in [-0.15, -0.1) is 0 Å². The first-order valence-corrected chi connectivity index (χ1v) is 5.32. The summed E-state index contributed by atoms with van der Waals surface area (Å²) in [7, 11) is -1.16. The third-order valence-electron chi connectivity index (χ3n) is 2.77. The smallest absolute Gasteiger partial charge is 0.423 e. The van der Waals surface area contributed by atoms with Crippen LogP contribution >= 0.6 is 11.6 Å². The van der Waals surface area contributed by atoms with Crippen molar-refractivity contribution in [3.63, 3.8) is 0 Å². The van der Waals surface area contributed by atoms with E-state index in [4.69, 9.17) is 21.5 Å². The van der Waals surface area contributed by atoms with Gasteiger partial charge in [0.2, 0.25) is 0 Å². The standard InChI is InChI=1S/C10H10BClFNO3/c1-10(2)6-3-5(9(12)14-16)8(13)4-7(6)11(15)17-10/h3-4,15-16H,1-2H3/b14-9-. The van der Waals surface area contributed by atoms with E-state index in [1.807, 2.05) is 0 Å². The lowest BCUT2D eigenvalue weighted by molar-refractivity contribution is 0.101. The molecule has 0 amide bonds. The van der Waals surface area contributed by atoms with E-state index < -0.39 is 18.5 Å². The minimum atomic E-state index is -1.16. The number of oxime groups is 1. The molecular weight excluding hydrogens is 247 g/mol. The van der Waals surface area contributed by atoms with Crippen LogP contribution in [-0.4, -0.2) is 22.5 Å². The fourth-order valence-corrected chi connectivity index (χ4v) is 2.08. The van der Waals surface area contributed by atoms with E-state index in [1.54, 1.807) is 13.8 Å². The van der Waals surface area contributed by atoms with Crippen LogP contribution in [0.25, 0.3) is 0 Å². The highest BCUT2D eigenvalue weighted by Crippen LogP contribution is 2.31. The van der Waals surface area contributed by atoms with Gasteiger partial charge >= 0.3 is 7.12 Å². The molecule has 0 aliphatic carbocycles. The predicted octanol–water partition coefficient (Wildman–Crippen LogP) is 1.15. The molecule has 0 unspecified atom stereocenters. The van der Waals surface area contributed by atoms with Crippen molar-refractivity contribution < 1.29 is 19.3 Å². The second-order valence-electron chi connectivity index (χ2n) is 4.29. The Labute approximate surface area is 103 Å². The highest BCUT2D eigenvalue weighted by atomic mass is 35.5. The molecule has 1 heterocycles. The highest BCUT2D eigenvalue weighted by Gasteiger charge is 2.41. The van der Waals surface area contributed by atoms with Crippen LogP contribution in [0.5, 0.6) is 0 Å². The molecule has 0 saturated heterocycles. The topological polar surface area (TPSA) is 62.0 Å². The molecular formula is C10H10BClFNO3. The number of hydrogen-bond acceptors (Lipinski definition) is 4. The third-order valence-corrected chi connectivity index (χ3v) is 3.05. The molecule has 2 N–H and O–H groups in total. The van der Waals surface area contributed by atoms with Crippen LogP contribution in [0.1, 0.15) is 25.0 Å². The Kier molecular flexibility index (Phi) is 2.89. The van der Waals surface area contributed by atoms with Gasteiger partial charge in [0, 0.05) is 0 Å². The van der Waals surface area contributed by atoms with E-state index in [0.717, 1.165) is 6.07 Å². The average molecular weight is 257 g/mol. The maximum absolute atomic E-state index is 13.7. The monoisotopic (exact) mass is 257 g/mol. The summed E-state index contributed by atoms with van der Waals surface area (Å²) in [5, 5.41) is 20.6. The van der Waals surface area contributed by atoms with Crippen molar-refractivity contribution in [3.8, 4) is 0 Å². The fraction of sp³-hybridized carbons (Fsp3) is 0.300. The Morgan fingerprint density at radius 3 is 2.76 bits per heavy atom. The van der Waals surface area contributed by atoms with Crippen molar-refractivity contribution in [2.24, 2.45) is 5.16 Å². The largest absolute Gasteiger partial charge is 0.492 e. The fourth-order valence-electron chi connectivity index (χ4n) is 1.93. The lowest BCUT2D eigenvalue weighted by atomic mass is 9.77. The second-order valence-corrected chi connectivity index (χ2v) is 4.65. The first-order valence-electron chi connectivity index (χ1n) is 4.94. The minimum absolute atomic E-state index is 0.0290. The molecule has 1 aliphatic heterocycles. The van der Waals surface area contributed by atoms with E-state index in [0.29, 0.717) is 11.0 Å². The first-order chi connectivity index (χ1) is 7.86. The summed E-state index contributed by atoms with van der Waals surface area (Å²) < 4.78 is 19.0. The summed E-state index contributed by atoms with van der Waals surface area (Å²) in [6.07, 6.45) is 0. The van der Waals surface area contributed by atoms with Crippen molar-refractivity contribution in [1.82, 2.24) is 0 Å². The molecule has 17 heavy (non-hydrogen) atoms. The van der Waals surface area contributed by atoms with Crippen LogP contribution in [0.4, 0.5) is 4.39 Å². The SMILES string of the molecule is CC1(C)OB(O)c2cc(F)c(/C(Cl)=N/O)cc21. The molecule has 1 aromatic carbocycles. The van der Waals surface area contributed by atoms with Crippen LogP contribution in [0.15, 0.2) is 17.3 Å². The van der Waals surface area contributed by atoms with Gasteiger partial charge in [-0.3, -0.25) is 0 Å². The van der Waals surface area contributed by atoms with Crippen molar-refractivity contribution in [3.05, 3.63) is 29.1 Å². The van der Waals surface area contributed by atoms with Crippen molar-refractivity contribution in [2.75, 3.05) is 0 Å². The lowest BCUT2D eigenvalue weighted by Crippen LogP contribution is -2.29. The number of hydrogen-bond donors (Lipinski definition) is 2. The predicted molar refractivity (Wildman–Crippen MR) is 62.3 cm³/mol. The average Bonchev–Trinajstić information content (AvgIpc) is 2.47. The molecule has 0 bridgehead atoms. The van der Waals surface area contributed by atoms with Crippen LogP contribution < -0.4 is 5.46 Å². The second kappa shape index (κ2) is 3.98. The lowest BCUT2D eigenvalue weighted by Gasteiger charge is -2.20. The summed E-state index contributed by atoms with van der Waals surface area (Å²) in [4.78, 5) is 0. The number of nitrogens with zero attached hydrogens (tertiary/aromatic N) is 1. The summed E-state index contributed by atoms with van der Waals surface area (Å²) in [6.45, 7) is 3.49. The molecule has 0 atom stereocenters. The van der Waals surface area contributed by atoms with Gasteiger partial charge in [-0.05, 0) is 37.0 Å². The molecule has 1 aromatic rings. The molecule has 7 heteroatoms. The molecule has 2 rings (SSSR count). The van der Waals surface area contributed by atoms with Gasteiger partial charge in [-0.25, -0.2) is 4.39 Å². The Morgan fingerprint density at radius 1 is 1.53 bits per heavy atom. The number of halogens is 2. The van der Waals surface area contributed by atoms with Crippen LogP contribution in [0.3, 0.4) is 0 Å². The number of fused-ring (bicyclic) bond motifs is 1. The van der Waals surface area contributed by atoms with Crippen LogP contribution in [0, 0.1) is 5.82 Å². The minimum Gasteiger partial charge on any atom is -0.423 e. The molecule has 0 fully saturated rings. The molecule has 0 saturated carbocycles. The van der Waals surface area contributed by atoms with Crippen molar-refractivity contribution in [1.29, 1.82) is 0 Å². The van der Waals surface area contributed by atoms with Gasteiger partial charge in [-0.2, -0.15) is 0 Å². The first kappa shape index (κ1) is 12.4. The maximum Gasteiger partial charge on any atom is 0.492 e. The van der Waals surface area contributed by atoms with Gasteiger partial charge < -0.3 is 14.9 Å². The van der Waals surface area contributed by atoms with Gasteiger partial charge in [-0.1, -0.05) is 16.8 Å². The molecule has 90 valence electrons. The Bertz CT molecular complexity index is 507. The van der Waals surface area contributed by atoms with E-state index in [9.17, 15) is 9.41 Å². The summed E-state index contributed by atoms with van der Waals surface area (Å²) >= 11 is 5.58. The highest BCUT2D eigenvalue weighted by molar-refractivity contribution is 6.69. The Hall–Kier alpha value is -1.11. The van der Waals surface area contributed by atoms with Gasteiger partial charge in [0.05, 0.1) is 11.2 Å². The zero-order valence-corrected chi connectivity index (χ0v) is 9.99. The van der Waals surface area contributed by atoms with Gasteiger partial charge in [0.1, 0.15) is 5.82 Å². The summed E-state index contributed by atoms with van der Waals surface area (Å²) in [6, 6.07) is 2.56. The van der Waals surface area contributed by atoms with Gasteiger partial charge in [0.25, 0.3) is 0 Å². The Balaban J connectivity index is 2.64. The van der Waals surface area contributed by atoms with Crippen LogP contribution in [-0.2, 0) is 10.3 Å². The molecule has 4 nitrogen and oxygen atoms in total. The zero-order chi connectivity index (χ0) is 12.8. The number of rotatable bonds is 1. The third kappa shape index (κ3) is 1.92. The Morgan fingerprint density at radius 2 is 2.18 bits per heavy atom. The summed E-state index contributed by atoms with van der Waals surface area (Å²) in [5.74, 6) is -0.674. The van der Waals surface area contributed by atoms with Crippen molar-refractivity contribution >= 4 is 29.4 Å². The number of benzene rings is 1. The molecule has 0 radical (unpaired) electrons.